The molecule has 2 aromatic heterocycles. The first kappa shape index (κ1) is 18.5. The fraction of sp³-hybridized carbons (Fsp3) is 0.458. The summed E-state index contributed by atoms with van der Waals surface area (Å²) in [5, 5.41) is 0. The van der Waals surface area contributed by atoms with Crippen LogP contribution in [0.25, 0.3) is 11.5 Å². The highest BCUT2D eigenvalue weighted by atomic mass is 16.4. The molecule has 0 radical (unpaired) electrons. The van der Waals surface area contributed by atoms with E-state index in [2.05, 4.69) is 11.1 Å². The lowest BCUT2D eigenvalue weighted by Gasteiger charge is -2.28. The molecule has 0 atom stereocenters. The van der Waals surface area contributed by atoms with Crippen LogP contribution in [0.5, 0.6) is 0 Å². The van der Waals surface area contributed by atoms with Gasteiger partial charge >= 0.3 is 0 Å². The molecule has 3 aromatic rings. The Morgan fingerprint density at radius 3 is 2.72 bits per heavy atom. The topological polar surface area (TPSA) is 55.1 Å². The molecule has 5 rings (SSSR count). The number of rotatable bonds is 4. The average molecular weight is 389 g/mol. The predicted molar refractivity (Wildman–Crippen MR) is 112 cm³/mol. The molecule has 0 amide bonds. The third-order valence-electron chi connectivity index (χ3n) is 6.29. The Balaban J connectivity index is 1.28. The van der Waals surface area contributed by atoms with Gasteiger partial charge in [-0.05, 0) is 31.9 Å². The molecule has 0 spiro atoms. The van der Waals surface area contributed by atoms with Crippen molar-refractivity contribution in [2.24, 2.45) is 0 Å². The Morgan fingerprint density at radius 1 is 1.07 bits per heavy atom. The number of nitrogens with zero attached hydrogens (tertiary/aromatic N) is 4. The van der Waals surface area contributed by atoms with Crippen molar-refractivity contribution in [1.29, 1.82) is 0 Å². The molecule has 0 bridgehead atoms. The summed E-state index contributed by atoms with van der Waals surface area (Å²) in [5.41, 5.74) is 4.56. The summed E-state index contributed by atoms with van der Waals surface area (Å²) in [6.07, 6.45) is 9.56. The molecule has 1 aliphatic carbocycles. The molecule has 3 heterocycles. The van der Waals surface area contributed by atoms with E-state index in [-0.39, 0.29) is 0 Å². The van der Waals surface area contributed by atoms with Crippen molar-refractivity contribution in [2.45, 2.75) is 64.5 Å². The summed E-state index contributed by atoms with van der Waals surface area (Å²) in [4.78, 5) is 16.9. The second-order valence-electron chi connectivity index (χ2n) is 8.38. The molecular weight excluding hydrogens is 360 g/mol. The normalized spacial score (nSPS) is 18.0. The van der Waals surface area contributed by atoms with Gasteiger partial charge in [-0.25, -0.2) is 15.0 Å². The first-order valence-electron chi connectivity index (χ1n) is 10.8. The monoisotopic (exact) mass is 388 g/mol. The molecule has 0 N–H and O–H groups in total. The van der Waals surface area contributed by atoms with Crippen molar-refractivity contribution in [1.82, 2.24) is 19.9 Å². The SMILES string of the molecule is Cc1oc(-c2ccccc2)nc1CN1CCc2nc(C3CCCCC3)ncc2C1. The summed E-state index contributed by atoms with van der Waals surface area (Å²) in [6, 6.07) is 10.1. The van der Waals surface area contributed by atoms with Crippen LogP contribution in [0.4, 0.5) is 0 Å². The Morgan fingerprint density at radius 2 is 1.90 bits per heavy atom. The van der Waals surface area contributed by atoms with Crippen molar-refractivity contribution in [3.8, 4) is 11.5 Å². The molecule has 1 saturated carbocycles. The van der Waals surface area contributed by atoms with Gasteiger partial charge in [0.25, 0.3) is 0 Å². The molecular formula is C24H28N4O. The second kappa shape index (κ2) is 8.07. The number of aryl methyl sites for hydroxylation is 1. The van der Waals surface area contributed by atoms with Gasteiger partial charge in [0.2, 0.25) is 5.89 Å². The third-order valence-corrected chi connectivity index (χ3v) is 6.29. The van der Waals surface area contributed by atoms with Gasteiger partial charge in [-0.2, -0.15) is 0 Å². The van der Waals surface area contributed by atoms with Crippen LogP contribution in [0.2, 0.25) is 0 Å². The Labute approximate surface area is 172 Å². The van der Waals surface area contributed by atoms with Crippen molar-refractivity contribution >= 4 is 0 Å². The van der Waals surface area contributed by atoms with Crippen LogP contribution < -0.4 is 0 Å². The lowest BCUT2D eigenvalue weighted by molar-refractivity contribution is 0.238. The van der Waals surface area contributed by atoms with Crippen LogP contribution >= 0.6 is 0 Å². The van der Waals surface area contributed by atoms with Crippen molar-refractivity contribution in [3.05, 3.63) is 65.1 Å². The largest absolute Gasteiger partial charge is 0.441 e. The second-order valence-corrected chi connectivity index (χ2v) is 8.38. The van der Waals surface area contributed by atoms with Gasteiger partial charge in [-0.1, -0.05) is 37.5 Å². The minimum Gasteiger partial charge on any atom is -0.441 e. The van der Waals surface area contributed by atoms with E-state index in [0.717, 1.165) is 48.9 Å². The van der Waals surface area contributed by atoms with E-state index in [4.69, 9.17) is 19.4 Å². The van der Waals surface area contributed by atoms with Gasteiger partial charge in [-0.15, -0.1) is 0 Å². The van der Waals surface area contributed by atoms with Gasteiger partial charge < -0.3 is 4.42 Å². The summed E-state index contributed by atoms with van der Waals surface area (Å²) in [5.74, 6) is 3.26. The summed E-state index contributed by atoms with van der Waals surface area (Å²) in [7, 11) is 0. The maximum absolute atomic E-state index is 5.93. The zero-order chi connectivity index (χ0) is 19.6. The third kappa shape index (κ3) is 3.97. The molecule has 5 heteroatoms. The van der Waals surface area contributed by atoms with E-state index < -0.39 is 0 Å². The van der Waals surface area contributed by atoms with E-state index >= 15 is 0 Å². The number of fused-ring (bicyclic) bond motifs is 1. The zero-order valence-corrected chi connectivity index (χ0v) is 17.1. The van der Waals surface area contributed by atoms with Gasteiger partial charge in [0, 0.05) is 55.0 Å². The highest BCUT2D eigenvalue weighted by molar-refractivity contribution is 5.53. The Bertz CT molecular complexity index is 976. The fourth-order valence-corrected chi connectivity index (χ4v) is 4.57. The van der Waals surface area contributed by atoms with Crippen LogP contribution in [-0.2, 0) is 19.5 Å². The first-order valence-corrected chi connectivity index (χ1v) is 10.8. The van der Waals surface area contributed by atoms with E-state index in [1.54, 1.807) is 0 Å². The van der Waals surface area contributed by atoms with Gasteiger partial charge in [-0.3, -0.25) is 4.90 Å². The van der Waals surface area contributed by atoms with Crippen molar-refractivity contribution in [3.63, 3.8) is 0 Å². The highest BCUT2D eigenvalue weighted by Crippen LogP contribution is 2.31. The molecule has 2 aliphatic rings. The number of oxazole rings is 1. The molecule has 150 valence electrons. The highest BCUT2D eigenvalue weighted by Gasteiger charge is 2.24. The summed E-state index contributed by atoms with van der Waals surface area (Å²) >= 11 is 0. The Hall–Kier alpha value is -2.53. The lowest BCUT2D eigenvalue weighted by Crippen LogP contribution is -2.31. The molecule has 1 aromatic carbocycles. The minimum atomic E-state index is 0.571. The first-order chi connectivity index (χ1) is 14.3. The number of hydrogen-bond donors (Lipinski definition) is 0. The maximum Gasteiger partial charge on any atom is 0.226 e. The molecule has 1 aliphatic heterocycles. The molecule has 0 unspecified atom stereocenters. The summed E-state index contributed by atoms with van der Waals surface area (Å²) < 4.78 is 5.93. The van der Waals surface area contributed by atoms with Crippen molar-refractivity contribution in [2.75, 3.05) is 6.54 Å². The van der Waals surface area contributed by atoms with E-state index in [1.165, 1.54) is 43.4 Å². The van der Waals surface area contributed by atoms with Crippen molar-refractivity contribution < 1.29 is 4.42 Å². The standard InChI is InChI=1S/C24H28N4O/c1-17-22(27-24(29-17)19-10-6-3-7-11-19)16-28-13-12-21-20(15-28)14-25-23(26-21)18-8-4-2-5-9-18/h3,6-7,10-11,14,18H,2,4-5,8-9,12-13,15-16H2,1H3. The average Bonchev–Trinajstić information content (AvgIpc) is 3.15. The van der Waals surface area contributed by atoms with E-state index in [1.807, 2.05) is 37.3 Å². The number of aromatic nitrogens is 3. The zero-order valence-electron chi connectivity index (χ0n) is 17.1. The van der Waals surface area contributed by atoms with E-state index in [9.17, 15) is 0 Å². The predicted octanol–water partition coefficient (Wildman–Crippen LogP) is 5.05. The van der Waals surface area contributed by atoms with Crippen LogP contribution in [0, 0.1) is 6.92 Å². The lowest BCUT2D eigenvalue weighted by atomic mass is 9.88. The molecule has 29 heavy (non-hydrogen) atoms. The quantitative estimate of drug-likeness (QED) is 0.626. The van der Waals surface area contributed by atoms with Crippen LogP contribution in [-0.4, -0.2) is 26.4 Å². The minimum absolute atomic E-state index is 0.571. The fourth-order valence-electron chi connectivity index (χ4n) is 4.57. The molecule has 1 fully saturated rings. The Kier molecular flexibility index (Phi) is 5.15. The van der Waals surface area contributed by atoms with Crippen LogP contribution in [0.1, 0.15) is 66.6 Å². The van der Waals surface area contributed by atoms with Crippen LogP contribution in [0.15, 0.2) is 40.9 Å². The van der Waals surface area contributed by atoms with Gasteiger partial charge in [0.15, 0.2) is 0 Å². The van der Waals surface area contributed by atoms with Gasteiger partial charge in [0.05, 0.1) is 5.69 Å². The number of hydrogen-bond acceptors (Lipinski definition) is 5. The van der Waals surface area contributed by atoms with E-state index in [0.29, 0.717) is 11.8 Å². The molecule has 0 saturated heterocycles. The van der Waals surface area contributed by atoms with Crippen LogP contribution in [0.3, 0.4) is 0 Å². The van der Waals surface area contributed by atoms with Gasteiger partial charge in [0.1, 0.15) is 11.6 Å². The maximum atomic E-state index is 5.93. The smallest absolute Gasteiger partial charge is 0.226 e. The summed E-state index contributed by atoms with van der Waals surface area (Å²) in [6.45, 7) is 4.69. The number of benzene rings is 1. The molecule has 5 nitrogen and oxygen atoms in total.